The molecule has 0 aliphatic carbocycles. The third kappa shape index (κ3) is 2.28. The number of aromatic nitrogens is 2. The minimum absolute atomic E-state index is 0.761. The van der Waals surface area contributed by atoms with E-state index in [1.165, 1.54) is 0 Å². The normalized spacial score (nSPS) is 12.0. The molecule has 1 aromatic heterocycles. The fraction of sp³-hybridized carbons (Fsp3) is 0.667. The quantitative estimate of drug-likeness (QED) is 0.663. The predicted octanol–water partition coefficient (Wildman–Crippen LogP) is 0.378. The van der Waals surface area contributed by atoms with E-state index in [0.717, 1.165) is 18.4 Å². The van der Waals surface area contributed by atoms with Crippen LogP contribution >= 0.6 is 0 Å². The van der Waals surface area contributed by atoms with E-state index in [1.807, 2.05) is 10.8 Å². The van der Waals surface area contributed by atoms with Gasteiger partial charge in [0.1, 0.15) is 0 Å². The molecule has 0 saturated carbocycles. The van der Waals surface area contributed by atoms with Crippen molar-refractivity contribution in [1.29, 1.82) is 0 Å². The molecule has 0 N–H and O–H groups in total. The molecule has 0 bridgehead atoms. The topological polar surface area (TPSA) is 45.5 Å². The summed E-state index contributed by atoms with van der Waals surface area (Å²) in [6.45, 7) is 3.00. The van der Waals surface area contributed by atoms with Crippen molar-refractivity contribution in [2.75, 3.05) is 21.3 Å². The highest BCUT2D eigenvalue weighted by Crippen LogP contribution is 2.06. The second-order valence-corrected chi connectivity index (χ2v) is 5.90. The van der Waals surface area contributed by atoms with Gasteiger partial charge in [-0.15, -0.1) is 0 Å². The Kier molecular flexibility index (Phi) is 4.46. The van der Waals surface area contributed by atoms with E-state index in [9.17, 15) is 0 Å². The zero-order valence-electron chi connectivity index (χ0n) is 9.69. The number of rotatable bonds is 6. The van der Waals surface area contributed by atoms with Crippen molar-refractivity contribution < 1.29 is 13.3 Å². The third-order valence-corrected chi connectivity index (χ3v) is 4.84. The molecule has 0 aromatic carbocycles. The van der Waals surface area contributed by atoms with E-state index in [-0.39, 0.29) is 0 Å². The van der Waals surface area contributed by atoms with Crippen LogP contribution in [-0.2, 0) is 19.8 Å². The minimum Gasteiger partial charge on any atom is -0.372 e. The Balaban J connectivity index is 3.04. The van der Waals surface area contributed by atoms with Gasteiger partial charge in [-0.05, 0) is 6.42 Å². The lowest BCUT2D eigenvalue weighted by Crippen LogP contribution is -2.58. The van der Waals surface area contributed by atoms with Gasteiger partial charge in [0.05, 0.1) is 0 Å². The maximum Gasteiger partial charge on any atom is 0.573 e. The zero-order valence-corrected chi connectivity index (χ0v) is 10.7. The Morgan fingerprint density at radius 1 is 1.27 bits per heavy atom. The number of hydrogen-bond donors (Lipinski definition) is 0. The van der Waals surface area contributed by atoms with Crippen LogP contribution in [0.25, 0.3) is 0 Å². The van der Waals surface area contributed by atoms with Crippen molar-refractivity contribution in [2.24, 2.45) is 0 Å². The summed E-state index contributed by atoms with van der Waals surface area (Å²) < 4.78 is 18.2. The first kappa shape index (κ1) is 12.4. The second kappa shape index (κ2) is 5.41. The highest BCUT2D eigenvalue weighted by molar-refractivity contribution is 6.73. The van der Waals surface area contributed by atoms with Crippen LogP contribution in [0.1, 0.15) is 13.3 Å². The Labute approximate surface area is 91.4 Å². The molecule has 0 radical (unpaired) electrons. The molecule has 0 unspecified atom stereocenters. The molecule has 5 nitrogen and oxygen atoms in total. The molecule has 0 aliphatic heterocycles. The van der Waals surface area contributed by atoms with Gasteiger partial charge >= 0.3 is 8.80 Å². The summed E-state index contributed by atoms with van der Waals surface area (Å²) in [7, 11) is 1.99. The van der Waals surface area contributed by atoms with Crippen LogP contribution in [0.5, 0.6) is 0 Å². The van der Waals surface area contributed by atoms with E-state index >= 15 is 0 Å². The predicted molar refractivity (Wildman–Crippen MR) is 58.9 cm³/mol. The molecule has 0 saturated heterocycles. The molecule has 1 rings (SSSR count). The molecule has 0 fully saturated rings. The van der Waals surface area contributed by atoms with Crippen molar-refractivity contribution in [1.82, 2.24) is 9.55 Å². The summed E-state index contributed by atoms with van der Waals surface area (Å²) in [6.07, 6.45) is 4.69. The average Bonchev–Trinajstić information content (AvgIpc) is 2.71. The summed E-state index contributed by atoms with van der Waals surface area (Å²) in [6, 6.07) is 0. The molecule has 86 valence electrons. The Hall–Kier alpha value is -0.693. The molecule has 0 aliphatic rings. The lowest BCUT2D eigenvalue weighted by atomic mass is 10.5. The van der Waals surface area contributed by atoms with Gasteiger partial charge in [0.15, 0.2) is 5.45 Å². The first-order valence-corrected chi connectivity index (χ1v) is 6.63. The van der Waals surface area contributed by atoms with Gasteiger partial charge in [0.2, 0.25) is 0 Å². The van der Waals surface area contributed by atoms with Crippen molar-refractivity contribution >= 4 is 14.3 Å². The molecule has 1 aromatic rings. The lowest BCUT2D eigenvalue weighted by Gasteiger charge is -2.24. The number of imidazole rings is 1. The fourth-order valence-corrected chi connectivity index (χ4v) is 3.35. The van der Waals surface area contributed by atoms with E-state index < -0.39 is 8.80 Å². The van der Waals surface area contributed by atoms with Crippen LogP contribution in [-0.4, -0.2) is 39.7 Å². The van der Waals surface area contributed by atoms with E-state index in [4.69, 9.17) is 13.3 Å². The van der Waals surface area contributed by atoms with Crippen LogP contribution in [0.3, 0.4) is 0 Å². The van der Waals surface area contributed by atoms with Crippen LogP contribution in [0.2, 0.25) is 0 Å². The smallest absolute Gasteiger partial charge is 0.372 e. The molecule has 1 heterocycles. The monoisotopic (exact) mass is 230 g/mol. The molecule has 15 heavy (non-hydrogen) atoms. The van der Waals surface area contributed by atoms with Gasteiger partial charge in [-0.3, -0.25) is 0 Å². The van der Waals surface area contributed by atoms with Crippen molar-refractivity contribution in [3.63, 3.8) is 0 Å². The molecule has 0 atom stereocenters. The summed E-state index contributed by atoms with van der Waals surface area (Å²) in [4.78, 5) is 4.27. The van der Waals surface area contributed by atoms with Crippen LogP contribution < -0.4 is 5.45 Å². The number of hydrogen-bond acceptors (Lipinski definition) is 4. The maximum atomic E-state index is 5.38. The number of nitrogens with zero attached hydrogens (tertiary/aromatic N) is 2. The Bertz CT molecular complexity index is 291. The van der Waals surface area contributed by atoms with Gasteiger partial charge in [0, 0.05) is 40.3 Å². The molecular formula is C9H18N2O3Si. The largest absolute Gasteiger partial charge is 0.573 e. The van der Waals surface area contributed by atoms with Gasteiger partial charge in [-0.2, -0.15) is 0 Å². The fourth-order valence-electron chi connectivity index (χ4n) is 1.53. The van der Waals surface area contributed by atoms with Crippen LogP contribution in [0, 0.1) is 0 Å². The lowest BCUT2D eigenvalue weighted by molar-refractivity contribution is 0.137. The average molecular weight is 230 g/mol. The number of aryl methyl sites for hydroxylation is 1. The van der Waals surface area contributed by atoms with Crippen LogP contribution in [0.4, 0.5) is 0 Å². The summed E-state index contributed by atoms with van der Waals surface area (Å²) in [5.41, 5.74) is 0.761. The summed E-state index contributed by atoms with van der Waals surface area (Å²) >= 11 is 0. The van der Waals surface area contributed by atoms with Crippen molar-refractivity contribution in [3.8, 4) is 0 Å². The third-order valence-electron chi connectivity index (χ3n) is 2.26. The molecule has 0 amide bonds. The maximum absolute atomic E-state index is 5.38. The standard InChI is InChI=1S/C9H18N2O3Si/c1-5-7-11-8-6-10-9(11)15(12-2,13-3)14-4/h6,8H,5,7H2,1-4H3. The van der Waals surface area contributed by atoms with Gasteiger partial charge < -0.3 is 17.8 Å². The van der Waals surface area contributed by atoms with E-state index in [1.54, 1.807) is 27.5 Å². The van der Waals surface area contributed by atoms with Gasteiger partial charge in [-0.25, -0.2) is 4.98 Å². The SMILES string of the molecule is CCCn1ccnc1[Si](OC)(OC)OC. The summed E-state index contributed by atoms with van der Waals surface area (Å²) in [5, 5.41) is 0. The minimum atomic E-state index is -2.77. The second-order valence-electron chi connectivity index (χ2n) is 3.11. The first-order valence-electron chi connectivity index (χ1n) is 4.91. The summed E-state index contributed by atoms with van der Waals surface area (Å²) in [5.74, 6) is 0. The molecule has 6 heteroatoms. The van der Waals surface area contributed by atoms with E-state index in [0.29, 0.717) is 0 Å². The van der Waals surface area contributed by atoms with Crippen LogP contribution in [0.15, 0.2) is 12.4 Å². The van der Waals surface area contributed by atoms with Gasteiger partial charge in [-0.1, -0.05) is 6.92 Å². The Morgan fingerprint density at radius 2 is 1.87 bits per heavy atom. The Morgan fingerprint density at radius 3 is 2.33 bits per heavy atom. The van der Waals surface area contributed by atoms with Gasteiger partial charge in [0.25, 0.3) is 0 Å². The molecule has 0 spiro atoms. The highest BCUT2D eigenvalue weighted by atomic mass is 28.4. The van der Waals surface area contributed by atoms with E-state index in [2.05, 4.69) is 11.9 Å². The molecular weight excluding hydrogens is 212 g/mol. The van der Waals surface area contributed by atoms with Crippen molar-refractivity contribution in [3.05, 3.63) is 12.4 Å². The highest BCUT2D eigenvalue weighted by Gasteiger charge is 2.45. The zero-order chi connectivity index (χ0) is 11.3. The van der Waals surface area contributed by atoms with Crippen molar-refractivity contribution in [2.45, 2.75) is 19.9 Å². The first-order chi connectivity index (χ1) is 7.24.